The first-order valence-electron chi connectivity index (χ1n) is 7.74. The van der Waals surface area contributed by atoms with Crippen molar-refractivity contribution in [2.75, 3.05) is 25.2 Å². The van der Waals surface area contributed by atoms with Gasteiger partial charge >= 0.3 is 0 Å². The van der Waals surface area contributed by atoms with Gasteiger partial charge in [0, 0.05) is 29.4 Å². The molecule has 0 N–H and O–H groups in total. The van der Waals surface area contributed by atoms with E-state index in [0.29, 0.717) is 30.2 Å². The topological polar surface area (TPSA) is 19.4 Å². The van der Waals surface area contributed by atoms with Crippen molar-refractivity contribution in [2.45, 2.75) is 19.4 Å². The molecule has 0 spiro atoms. The maximum atomic E-state index is 14.4. The zero-order chi connectivity index (χ0) is 17.3. The second-order valence-electron chi connectivity index (χ2n) is 6.64. The predicted octanol–water partition coefficient (Wildman–Crippen LogP) is 3.25. The lowest BCUT2D eigenvalue weighted by molar-refractivity contribution is 0.229. The Morgan fingerprint density at radius 3 is 2.33 bits per heavy atom. The van der Waals surface area contributed by atoms with Crippen molar-refractivity contribution in [3.05, 3.63) is 59.3 Å². The molecular weight excluding hydrogens is 308 g/mol. The molecule has 0 amide bonds. The van der Waals surface area contributed by atoms with Gasteiger partial charge < -0.3 is 4.90 Å². The zero-order valence-corrected chi connectivity index (χ0v) is 14.0. The average molecular weight is 327 g/mol. The first kappa shape index (κ1) is 16.4. The average Bonchev–Trinajstić information content (AvgIpc) is 2.80. The Bertz CT molecular complexity index is 804. The molecule has 0 unspecified atom stereocenters. The third kappa shape index (κ3) is 3.39. The van der Waals surface area contributed by atoms with E-state index in [1.165, 1.54) is 18.2 Å². The third-order valence-corrected chi connectivity index (χ3v) is 4.31. The molecule has 24 heavy (non-hydrogen) atoms. The molecule has 2 heterocycles. The standard InChI is InChI=1S/C19H19F2N3/c1-19(2)12-24(13-23(19)3)18-17(21)10-15(11-22-18)5-4-14-6-8-16(20)9-7-14/h6-11H,12-13H2,1-3H3. The number of aromatic nitrogens is 1. The summed E-state index contributed by atoms with van der Waals surface area (Å²) in [5, 5.41) is 0. The second-order valence-corrected chi connectivity index (χ2v) is 6.64. The van der Waals surface area contributed by atoms with Gasteiger partial charge in [-0.3, -0.25) is 4.90 Å². The van der Waals surface area contributed by atoms with Gasteiger partial charge in [0.15, 0.2) is 11.6 Å². The number of benzene rings is 1. The van der Waals surface area contributed by atoms with Gasteiger partial charge in [-0.25, -0.2) is 13.8 Å². The minimum atomic E-state index is -0.382. The lowest BCUT2D eigenvalue weighted by Gasteiger charge is -2.24. The quantitative estimate of drug-likeness (QED) is 0.750. The van der Waals surface area contributed by atoms with E-state index in [2.05, 4.69) is 35.6 Å². The Kier molecular flexibility index (Phi) is 4.25. The minimum Gasteiger partial charge on any atom is -0.339 e. The molecule has 1 fully saturated rings. The summed E-state index contributed by atoms with van der Waals surface area (Å²) in [5.74, 6) is 5.39. The highest BCUT2D eigenvalue weighted by atomic mass is 19.1. The Labute approximate surface area is 140 Å². The van der Waals surface area contributed by atoms with Crippen LogP contribution in [0.1, 0.15) is 25.0 Å². The molecule has 1 aliphatic heterocycles. The SMILES string of the molecule is CN1CN(c2ncc(C#Cc3ccc(F)cc3)cc2F)CC1(C)C. The Morgan fingerprint density at radius 2 is 1.75 bits per heavy atom. The first-order chi connectivity index (χ1) is 11.3. The zero-order valence-electron chi connectivity index (χ0n) is 14.0. The van der Waals surface area contributed by atoms with E-state index < -0.39 is 0 Å². The molecule has 1 saturated heterocycles. The fourth-order valence-electron chi connectivity index (χ4n) is 2.64. The van der Waals surface area contributed by atoms with Crippen LogP contribution in [0.3, 0.4) is 0 Å². The van der Waals surface area contributed by atoms with Crippen LogP contribution in [0.5, 0.6) is 0 Å². The summed E-state index contributed by atoms with van der Waals surface area (Å²) in [6.07, 6.45) is 1.57. The molecular formula is C19H19F2N3. The fraction of sp³-hybridized carbons (Fsp3) is 0.316. The van der Waals surface area contributed by atoms with Crippen LogP contribution < -0.4 is 4.90 Å². The number of pyridine rings is 1. The summed E-state index contributed by atoms with van der Waals surface area (Å²) >= 11 is 0. The van der Waals surface area contributed by atoms with E-state index in [1.54, 1.807) is 18.3 Å². The van der Waals surface area contributed by atoms with Crippen molar-refractivity contribution in [2.24, 2.45) is 0 Å². The number of rotatable bonds is 1. The van der Waals surface area contributed by atoms with Gasteiger partial charge in [-0.15, -0.1) is 0 Å². The van der Waals surface area contributed by atoms with Crippen molar-refractivity contribution < 1.29 is 8.78 Å². The van der Waals surface area contributed by atoms with Crippen LogP contribution in [0.25, 0.3) is 0 Å². The smallest absolute Gasteiger partial charge is 0.166 e. The molecule has 124 valence electrons. The summed E-state index contributed by atoms with van der Waals surface area (Å²) in [4.78, 5) is 8.33. The van der Waals surface area contributed by atoms with Crippen LogP contribution in [0, 0.1) is 23.5 Å². The van der Waals surface area contributed by atoms with Gasteiger partial charge in [-0.05, 0) is 51.2 Å². The number of anilines is 1. The van der Waals surface area contributed by atoms with Crippen LogP contribution in [0.4, 0.5) is 14.6 Å². The van der Waals surface area contributed by atoms with Crippen LogP contribution >= 0.6 is 0 Å². The molecule has 3 nitrogen and oxygen atoms in total. The molecule has 2 aromatic rings. The van der Waals surface area contributed by atoms with Gasteiger partial charge in [-0.2, -0.15) is 0 Å². The second kappa shape index (κ2) is 6.21. The van der Waals surface area contributed by atoms with Crippen LogP contribution in [0.15, 0.2) is 36.5 Å². The molecule has 0 bridgehead atoms. The Balaban J connectivity index is 1.80. The normalized spacial score (nSPS) is 16.8. The molecule has 0 aliphatic carbocycles. The molecule has 0 atom stereocenters. The number of halogens is 2. The lowest BCUT2D eigenvalue weighted by atomic mass is 10.1. The predicted molar refractivity (Wildman–Crippen MR) is 90.6 cm³/mol. The van der Waals surface area contributed by atoms with Crippen LogP contribution in [-0.4, -0.2) is 35.7 Å². The van der Waals surface area contributed by atoms with Crippen molar-refractivity contribution in [3.8, 4) is 11.8 Å². The number of likely N-dealkylation sites (N-methyl/N-ethyl adjacent to an activating group) is 1. The Hall–Kier alpha value is -2.45. The molecule has 1 aromatic carbocycles. The molecule has 0 radical (unpaired) electrons. The summed E-state index contributed by atoms with van der Waals surface area (Å²) in [7, 11) is 2.01. The van der Waals surface area contributed by atoms with Crippen LogP contribution in [-0.2, 0) is 0 Å². The van der Waals surface area contributed by atoms with Crippen molar-refractivity contribution in [3.63, 3.8) is 0 Å². The Morgan fingerprint density at radius 1 is 1.08 bits per heavy atom. The van der Waals surface area contributed by atoms with E-state index in [4.69, 9.17) is 0 Å². The highest BCUT2D eigenvalue weighted by molar-refractivity contribution is 5.48. The van der Waals surface area contributed by atoms with E-state index in [0.717, 1.165) is 0 Å². The van der Waals surface area contributed by atoms with E-state index >= 15 is 0 Å². The first-order valence-corrected chi connectivity index (χ1v) is 7.74. The molecule has 1 aliphatic rings. The van der Waals surface area contributed by atoms with Gasteiger partial charge in [0.25, 0.3) is 0 Å². The lowest BCUT2D eigenvalue weighted by Crippen LogP contribution is -2.36. The molecule has 5 heteroatoms. The van der Waals surface area contributed by atoms with Crippen molar-refractivity contribution in [1.82, 2.24) is 9.88 Å². The summed E-state index contributed by atoms with van der Waals surface area (Å²) < 4.78 is 27.3. The van der Waals surface area contributed by atoms with Crippen molar-refractivity contribution >= 4 is 5.82 Å². The van der Waals surface area contributed by atoms with Crippen molar-refractivity contribution in [1.29, 1.82) is 0 Å². The maximum absolute atomic E-state index is 14.4. The van der Waals surface area contributed by atoms with E-state index in [9.17, 15) is 8.78 Å². The minimum absolute atomic E-state index is 0.0187. The number of hydrogen-bond acceptors (Lipinski definition) is 3. The molecule has 3 rings (SSSR count). The highest BCUT2D eigenvalue weighted by Crippen LogP contribution is 2.27. The highest BCUT2D eigenvalue weighted by Gasteiger charge is 2.35. The largest absolute Gasteiger partial charge is 0.339 e. The maximum Gasteiger partial charge on any atom is 0.166 e. The molecule has 0 saturated carbocycles. The van der Waals surface area contributed by atoms with Gasteiger partial charge in [-0.1, -0.05) is 11.8 Å². The number of nitrogens with zero attached hydrogens (tertiary/aromatic N) is 3. The third-order valence-electron chi connectivity index (χ3n) is 4.31. The summed E-state index contributed by atoms with van der Waals surface area (Å²) in [5.41, 5.74) is 1.14. The van der Waals surface area contributed by atoms with Gasteiger partial charge in [0.1, 0.15) is 5.82 Å². The molecule has 1 aromatic heterocycles. The fourth-order valence-corrected chi connectivity index (χ4v) is 2.64. The summed E-state index contributed by atoms with van der Waals surface area (Å²) in [6, 6.07) is 7.25. The van der Waals surface area contributed by atoms with Gasteiger partial charge in [0.2, 0.25) is 0 Å². The van der Waals surface area contributed by atoms with Gasteiger partial charge in [0.05, 0.1) is 6.67 Å². The van der Waals surface area contributed by atoms with E-state index in [-0.39, 0.29) is 17.2 Å². The summed E-state index contributed by atoms with van der Waals surface area (Å²) in [6.45, 7) is 5.59. The van der Waals surface area contributed by atoms with E-state index in [1.807, 2.05) is 11.9 Å². The number of hydrogen-bond donors (Lipinski definition) is 0. The van der Waals surface area contributed by atoms with Crippen LogP contribution in [0.2, 0.25) is 0 Å². The monoisotopic (exact) mass is 327 g/mol.